The van der Waals surface area contributed by atoms with Gasteiger partial charge in [0.1, 0.15) is 17.7 Å². The quantitative estimate of drug-likeness (QED) is 0.424. The van der Waals surface area contributed by atoms with Crippen molar-refractivity contribution in [3.63, 3.8) is 0 Å². The first-order chi connectivity index (χ1) is 15.4. The summed E-state index contributed by atoms with van der Waals surface area (Å²) in [5.74, 6) is 0.266. The summed E-state index contributed by atoms with van der Waals surface area (Å²) in [5, 5.41) is 8.40. The van der Waals surface area contributed by atoms with Gasteiger partial charge < -0.3 is 10.1 Å². The number of benzene rings is 3. The van der Waals surface area contributed by atoms with Gasteiger partial charge in [-0.2, -0.15) is 5.10 Å². The lowest BCUT2D eigenvalue weighted by Gasteiger charge is -2.27. The summed E-state index contributed by atoms with van der Waals surface area (Å²) >= 11 is 0. The van der Waals surface area contributed by atoms with Crippen LogP contribution < -0.4 is 10.1 Å². The maximum absolute atomic E-state index is 13.3. The average Bonchev–Trinajstić information content (AvgIpc) is 3.21. The number of rotatable bonds is 7. The van der Waals surface area contributed by atoms with Crippen molar-refractivity contribution in [3.8, 4) is 11.4 Å². The van der Waals surface area contributed by atoms with Crippen LogP contribution in [0.3, 0.4) is 0 Å². The highest BCUT2D eigenvalue weighted by molar-refractivity contribution is 5.82. The summed E-state index contributed by atoms with van der Waals surface area (Å²) in [6.45, 7) is 5.68. The SMILES string of the molecule is CC(C)C(=O)N[C@@H](C)[C@@H](Oc1ccc2c(cnn2-c2ccc(F)cc2)c1)c1ccccc1. The molecule has 1 aromatic heterocycles. The van der Waals surface area contributed by atoms with Crippen molar-refractivity contribution in [2.75, 3.05) is 0 Å². The van der Waals surface area contributed by atoms with Gasteiger partial charge in [0, 0.05) is 11.3 Å². The molecule has 0 aliphatic heterocycles. The van der Waals surface area contributed by atoms with Gasteiger partial charge in [-0.3, -0.25) is 4.79 Å². The first-order valence-electron chi connectivity index (χ1n) is 10.7. The summed E-state index contributed by atoms with van der Waals surface area (Å²) in [7, 11) is 0. The first kappa shape index (κ1) is 21.6. The lowest BCUT2D eigenvalue weighted by molar-refractivity contribution is -0.125. The van der Waals surface area contributed by atoms with Crippen LogP contribution in [-0.2, 0) is 4.79 Å². The molecule has 164 valence electrons. The Bertz CT molecular complexity index is 1200. The highest BCUT2D eigenvalue weighted by Gasteiger charge is 2.24. The Labute approximate surface area is 186 Å². The molecule has 1 heterocycles. The Hall–Kier alpha value is -3.67. The van der Waals surface area contributed by atoms with E-state index in [1.165, 1.54) is 12.1 Å². The third-order valence-electron chi connectivity index (χ3n) is 5.35. The second kappa shape index (κ2) is 9.22. The standard InChI is InChI=1S/C26H26FN3O2/c1-17(2)26(31)29-18(3)25(19-7-5-4-6-8-19)32-23-13-14-24-20(15-23)16-28-30(24)22-11-9-21(27)10-12-22/h4-18,25H,1-3H3,(H,29,31)/t18-,25+/m0/s1. The largest absolute Gasteiger partial charge is 0.484 e. The molecule has 1 amide bonds. The van der Waals surface area contributed by atoms with Gasteiger partial charge in [0.05, 0.1) is 23.4 Å². The van der Waals surface area contributed by atoms with Gasteiger partial charge in [-0.15, -0.1) is 0 Å². The van der Waals surface area contributed by atoms with Crippen LogP contribution in [0.1, 0.15) is 32.4 Å². The average molecular weight is 432 g/mol. The molecule has 0 fully saturated rings. The maximum Gasteiger partial charge on any atom is 0.222 e. The molecule has 3 aromatic carbocycles. The first-order valence-corrected chi connectivity index (χ1v) is 10.7. The second-order valence-electron chi connectivity index (χ2n) is 8.15. The number of carbonyl (C=O) groups is 1. The van der Waals surface area contributed by atoms with E-state index in [1.54, 1.807) is 23.0 Å². The van der Waals surface area contributed by atoms with Crippen LogP contribution in [0.25, 0.3) is 16.6 Å². The predicted octanol–water partition coefficient (Wildman–Crippen LogP) is 5.45. The molecule has 6 heteroatoms. The number of aromatic nitrogens is 2. The Balaban J connectivity index is 1.62. The van der Waals surface area contributed by atoms with E-state index in [9.17, 15) is 9.18 Å². The van der Waals surface area contributed by atoms with Gasteiger partial charge in [-0.05, 0) is 55.0 Å². The van der Waals surface area contributed by atoms with E-state index in [1.807, 2.05) is 69.3 Å². The van der Waals surface area contributed by atoms with Crippen molar-refractivity contribution < 1.29 is 13.9 Å². The van der Waals surface area contributed by atoms with E-state index in [4.69, 9.17) is 4.74 Å². The number of hydrogen-bond acceptors (Lipinski definition) is 3. The van der Waals surface area contributed by atoms with Crippen molar-refractivity contribution in [3.05, 3.63) is 90.4 Å². The van der Waals surface area contributed by atoms with Gasteiger partial charge in [-0.25, -0.2) is 9.07 Å². The van der Waals surface area contributed by atoms with Crippen LogP contribution in [0.15, 0.2) is 79.0 Å². The molecule has 0 aliphatic carbocycles. The molecule has 0 unspecified atom stereocenters. The molecule has 32 heavy (non-hydrogen) atoms. The fourth-order valence-corrected chi connectivity index (χ4v) is 3.59. The number of carbonyl (C=O) groups excluding carboxylic acids is 1. The summed E-state index contributed by atoms with van der Waals surface area (Å²) in [4.78, 5) is 12.3. The zero-order valence-corrected chi connectivity index (χ0v) is 18.3. The van der Waals surface area contributed by atoms with Crippen LogP contribution in [0.2, 0.25) is 0 Å². The Kier molecular flexibility index (Phi) is 6.21. The summed E-state index contributed by atoms with van der Waals surface area (Å²) in [5.41, 5.74) is 2.65. The minimum absolute atomic E-state index is 0.0157. The third-order valence-corrected chi connectivity index (χ3v) is 5.35. The molecule has 2 atom stereocenters. The molecule has 1 N–H and O–H groups in total. The molecule has 0 saturated carbocycles. The molecule has 5 nitrogen and oxygen atoms in total. The van der Waals surface area contributed by atoms with Crippen molar-refractivity contribution in [1.82, 2.24) is 15.1 Å². The van der Waals surface area contributed by atoms with Crippen molar-refractivity contribution >= 4 is 16.8 Å². The van der Waals surface area contributed by atoms with Crippen molar-refractivity contribution in [1.29, 1.82) is 0 Å². The van der Waals surface area contributed by atoms with Gasteiger partial charge >= 0.3 is 0 Å². The number of amides is 1. The van der Waals surface area contributed by atoms with Gasteiger partial charge in [0.15, 0.2) is 0 Å². The zero-order valence-electron chi connectivity index (χ0n) is 18.3. The van der Waals surface area contributed by atoms with Gasteiger partial charge in [0.2, 0.25) is 5.91 Å². The fraction of sp³-hybridized carbons (Fsp3) is 0.231. The number of nitrogens with one attached hydrogen (secondary N) is 1. The normalized spacial score (nSPS) is 13.2. The molecule has 4 aromatic rings. The van der Waals surface area contributed by atoms with E-state index in [0.717, 1.165) is 22.2 Å². The number of hydrogen-bond donors (Lipinski definition) is 1. The number of ether oxygens (including phenoxy) is 1. The highest BCUT2D eigenvalue weighted by Crippen LogP contribution is 2.29. The van der Waals surface area contributed by atoms with Gasteiger partial charge in [0.25, 0.3) is 0 Å². The number of fused-ring (bicyclic) bond motifs is 1. The molecule has 0 spiro atoms. The summed E-state index contributed by atoms with van der Waals surface area (Å²) in [6, 6.07) is 21.6. The molecular formula is C26H26FN3O2. The van der Waals surface area contributed by atoms with E-state index < -0.39 is 0 Å². The van der Waals surface area contributed by atoms with Crippen LogP contribution in [0.4, 0.5) is 4.39 Å². The number of halogens is 1. The molecule has 0 radical (unpaired) electrons. The van der Waals surface area contributed by atoms with E-state index >= 15 is 0 Å². The smallest absolute Gasteiger partial charge is 0.222 e. The van der Waals surface area contributed by atoms with Crippen LogP contribution in [0.5, 0.6) is 5.75 Å². The topological polar surface area (TPSA) is 56.1 Å². The Morgan fingerprint density at radius 1 is 1.00 bits per heavy atom. The molecule has 0 aliphatic rings. The van der Waals surface area contributed by atoms with Crippen molar-refractivity contribution in [2.24, 2.45) is 5.92 Å². The Morgan fingerprint density at radius 3 is 2.41 bits per heavy atom. The predicted molar refractivity (Wildman–Crippen MR) is 123 cm³/mol. The highest BCUT2D eigenvalue weighted by atomic mass is 19.1. The van der Waals surface area contributed by atoms with E-state index in [-0.39, 0.29) is 29.8 Å². The van der Waals surface area contributed by atoms with Gasteiger partial charge in [-0.1, -0.05) is 44.2 Å². The lowest BCUT2D eigenvalue weighted by Crippen LogP contribution is -2.41. The van der Waals surface area contributed by atoms with E-state index in [2.05, 4.69) is 10.4 Å². The molecule has 0 saturated heterocycles. The van der Waals surface area contributed by atoms with Crippen molar-refractivity contribution in [2.45, 2.75) is 32.9 Å². The minimum Gasteiger partial charge on any atom is -0.484 e. The zero-order chi connectivity index (χ0) is 22.7. The molecular weight excluding hydrogens is 405 g/mol. The Morgan fingerprint density at radius 2 is 1.72 bits per heavy atom. The fourth-order valence-electron chi connectivity index (χ4n) is 3.59. The minimum atomic E-state index is -0.358. The summed E-state index contributed by atoms with van der Waals surface area (Å²) < 4.78 is 21.4. The van der Waals surface area contributed by atoms with Crippen LogP contribution in [-0.4, -0.2) is 21.7 Å². The van der Waals surface area contributed by atoms with E-state index in [0.29, 0.717) is 5.75 Å². The number of nitrogens with zero attached hydrogens (tertiary/aromatic N) is 2. The monoisotopic (exact) mass is 431 g/mol. The molecule has 4 rings (SSSR count). The lowest BCUT2D eigenvalue weighted by atomic mass is 10.0. The molecule has 0 bridgehead atoms. The summed E-state index contributed by atoms with van der Waals surface area (Å²) in [6.07, 6.45) is 1.40. The van der Waals surface area contributed by atoms with Crippen LogP contribution >= 0.6 is 0 Å². The maximum atomic E-state index is 13.3. The second-order valence-corrected chi connectivity index (χ2v) is 8.15. The third kappa shape index (κ3) is 4.64. The van der Waals surface area contributed by atoms with Crippen LogP contribution in [0, 0.1) is 11.7 Å².